The van der Waals surface area contributed by atoms with Crippen molar-refractivity contribution in [3.8, 4) is 23.0 Å². The van der Waals surface area contributed by atoms with Crippen molar-refractivity contribution in [1.82, 2.24) is 5.32 Å². The molecule has 0 spiro atoms. The molecule has 0 bridgehead atoms. The number of dihydropyridines is 1. The van der Waals surface area contributed by atoms with Gasteiger partial charge in [-0.15, -0.1) is 0 Å². The first-order chi connectivity index (χ1) is 20.6. The molecule has 1 heterocycles. The fourth-order valence-electron chi connectivity index (χ4n) is 5.58. The topological polar surface area (TPSA) is 119 Å². The van der Waals surface area contributed by atoms with E-state index in [1.54, 1.807) is 39.3 Å². The van der Waals surface area contributed by atoms with Gasteiger partial charge in [0.05, 0.1) is 39.6 Å². The fourth-order valence-corrected chi connectivity index (χ4v) is 5.58. The zero-order valence-corrected chi connectivity index (χ0v) is 25.7. The van der Waals surface area contributed by atoms with E-state index < -0.39 is 17.9 Å². The van der Waals surface area contributed by atoms with Gasteiger partial charge in [-0.25, -0.2) is 4.79 Å². The van der Waals surface area contributed by atoms with Crippen LogP contribution in [0.25, 0.3) is 0 Å². The number of hydrogen-bond donors (Lipinski definition) is 1. The van der Waals surface area contributed by atoms with Gasteiger partial charge in [-0.2, -0.15) is 0 Å². The molecule has 4 rings (SSSR count). The molecule has 1 N–H and O–H groups in total. The van der Waals surface area contributed by atoms with Crippen LogP contribution < -0.4 is 24.3 Å². The molecule has 230 valence electrons. The third-order valence-corrected chi connectivity index (χ3v) is 7.47. The normalized spacial score (nSPS) is 18.2. The van der Waals surface area contributed by atoms with Crippen molar-refractivity contribution < 1.29 is 42.8 Å². The minimum absolute atomic E-state index is 0.00172. The number of carbonyl (C=O) groups excluding carboxylic acids is 3. The molecule has 2 aliphatic rings. The number of nitrogens with one attached hydrogen (secondary N) is 1. The van der Waals surface area contributed by atoms with Gasteiger partial charge in [0.2, 0.25) is 0 Å². The molecule has 1 aliphatic carbocycles. The summed E-state index contributed by atoms with van der Waals surface area (Å²) in [6.45, 7) is 7.22. The van der Waals surface area contributed by atoms with Gasteiger partial charge in [0.1, 0.15) is 6.61 Å². The number of esters is 2. The van der Waals surface area contributed by atoms with E-state index in [1.807, 2.05) is 32.0 Å². The molecular formula is C33H39NO9. The zero-order valence-electron chi connectivity index (χ0n) is 25.7. The first kappa shape index (κ1) is 31.6. The van der Waals surface area contributed by atoms with Crippen LogP contribution >= 0.6 is 0 Å². The Morgan fingerprint density at radius 2 is 1.51 bits per heavy atom. The Morgan fingerprint density at radius 3 is 2.16 bits per heavy atom. The van der Waals surface area contributed by atoms with E-state index in [-0.39, 0.29) is 43.2 Å². The molecule has 2 aromatic rings. The van der Waals surface area contributed by atoms with Crippen LogP contribution in [-0.4, -0.2) is 58.4 Å². The van der Waals surface area contributed by atoms with Crippen LogP contribution in [0, 0.1) is 0 Å². The molecule has 0 saturated carbocycles. The molecule has 43 heavy (non-hydrogen) atoms. The average Bonchev–Trinajstić information content (AvgIpc) is 2.97. The number of Topliss-reactive ketones (excluding diaryl/α,β-unsaturated/α-hetero) is 1. The highest BCUT2D eigenvalue weighted by Crippen LogP contribution is 2.47. The van der Waals surface area contributed by atoms with Crippen molar-refractivity contribution in [2.24, 2.45) is 0 Å². The second-order valence-corrected chi connectivity index (χ2v) is 10.7. The van der Waals surface area contributed by atoms with Gasteiger partial charge in [-0.3, -0.25) is 9.59 Å². The summed E-state index contributed by atoms with van der Waals surface area (Å²) in [6, 6.07) is 10.7. The summed E-state index contributed by atoms with van der Waals surface area (Å²) >= 11 is 0. The summed E-state index contributed by atoms with van der Waals surface area (Å²) < 4.78 is 32.8. The molecule has 1 aliphatic heterocycles. The number of rotatable bonds is 11. The lowest BCUT2D eigenvalue weighted by molar-refractivity contribution is -0.141. The monoisotopic (exact) mass is 593 g/mol. The standard InChI is InChI=1S/C33H39NO9/c1-18(2)41-12-13-42-33(37)30-19(3)34-24-14-23(21-8-10-26(38-5)28(16-21)39-6)15-25(36)32(24)31(30)22-9-11-27(43-20(4)35)29(17-22)40-7/h8-11,16-18,23,31,34H,12-15H2,1-7H3/t23-,31+/m0/s1. The lowest BCUT2D eigenvalue weighted by atomic mass is 9.71. The van der Waals surface area contributed by atoms with Crippen LogP contribution in [0.2, 0.25) is 0 Å². The van der Waals surface area contributed by atoms with Crippen molar-refractivity contribution in [3.05, 3.63) is 70.1 Å². The molecule has 0 radical (unpaired) electrons. The van der Waals surface area contributed by atoms with E-state index in [9.17, 15) is 14.4 Å². The van der Waals surface area contributed by atoms with Crippen LogP contribution in [0.15, 0.2) is 58.9 Å². The highest BCUT2D eigenvalue weighted by atomic mass is 16.6. The quantitative estimate of drug-likeness (QED) is 0.217. The van der Waals surface area contributed by atoms with Gasteiger partial charge in [0.25, 0.3) is 0 Å². The van der Waals surface area contributed by atoms with Crippen LogP contribution in [0.5, 0.6) is 23.0 Å². The summed E-state index contributed by atoms with van der Waals surface area (Å²) in [4.78, 5) is 39.2. The summed E-state index contributed by atoms with van der Waals surface area (Å²) in [5, 5.41) is 3.35. The maximum atomic E-state index is 14.0. The summed E-state index contributed by atoms with van der Waals surface area (Å²) in [7, 11) is 4.61. The number of allylic oxidation sites excluding steroid dienone is 3. The molecule has 2 aromatic carbocycles. The van der Waals surface area contributed by atoms with Gasteiger partial charge >= 0.3 is 11.9 Å². The molecule has 0 aromatic heterocycles. The largest absolute Gasteiger partial charge is 0.493 e. The van der Waals surface area contributed by atoms with Gasteiger partial charge in [0.15, 0.2) is 28.8 Å². The Labute approximate surface area is 251 Å². The lowest BCUT2D eigenvalue weighted by Crippen LogP contribution is -2.36. The van der Waals surface area contributed by atoms with Crippen LogP contribution in [0.1, 0.15) is 63.5 Å². The van der Waals surface area contributed by atoms with Crippen molar-refractivity contribution in [1.29, 1.82) is 0 Å². The highest BCUT2D eigenvalue weighted by molar-refractivity contribution is 6.04. The maximum absolute atomic E-state index is 14.0. The van der Waals surface area contributed by atoms with Crippen LogP contribution in [0.4, 0.5) is 0 Å². The zero-order chi connectivity index (χ0) is 31.3. The second-order valence-electron chi connectivity index (χ2n) is 10.7. The smallest absolute Gasteiger partial charge is 0.336 e. The number of benzene rings is 2. The van der Waals surface area contributed by atoms with Crippen molar-refractivity contribution in [2.45, 2.75) is 58.5 Å². The van der Waals surface area contributed by atoms with Crippen LogP contribution in [0.3, 0.4) is 0 Å². The number of ketones is 1. The second kappa shape index (κ2) is 13.8. The predicted octanol–water partition coefficient (Wildman–Crippen LogP) is 4.97. The van der Waals surface area contributed by atoms with E-state index >= 15 is 0 Å². The van der Waals surface area contributed by atoms with Crippen molar-refractivity contribution in [3.63, 3.8) is 0 Å². The Kier molecular flexibility index (Phi) is 10.1. The molecule has 2 atom stereocenters. The molecule has 0 unspecified atom stereocenters. The van der Waals surface area contributed by atoms with Crippen LogP contribution in [-0.2, 0) is 23.9 Å². The fraction of sp³-hybridized carbons (Fsp3) is 0.424. The predicted molar refractivity (Wildman–Crippen MR) is 158 cm³/mol. The van der Waals surface area contributed by atoms with Crippen molar-refractivity contribution in [2.75, 3.05) is 34.5 Å². The average molecular weight is 594 g/mol. The third-order valence-electron chi connectivity index (χ3n) is 7.47. The maximum Gasteiger partial charge on any atom is 0.336 e. The van der Waals surface area contributed by atoms with Gasteiger partial charge in [-0.1, -0.05) is 12.1 Å². The van der Waals surface area contributed by atoms with Crippen molar-refractivity contribution >= 4 is 17.7 Å². The van der Waals surface area contributed by atoms with Gasteiger partial charge in [-0.05, 0) is 68.5 Å². The minimum atomic E-state index is -0.728. The summed E-state index contributed by atoms with van der Waals surface area (Å²) in [6.07, 6.45) is 0.772. The molecule has 0 amide bonds. The number of hydrogen-bond acceptors (Lipinski definition) is 10. The Bertz CT molecular complexity index is 1460. The van der Waals surface area contributed by atoms with E-state index in [1.165, 1.54) is 14.0 Å². The minimum Gasteiger partial charge on any atom is -0.493 e. The molecule has 10 heteroatoms. The Balaban J connectivity index is 1.75. The Hall–Kier alpha value is -4.31. The summed E-state index contributed by atoms with van der Waals surface area (Å²) in [5.41, 5.74) is 3.71. The van der Waals surface area contributed by atoms with E-state index in [2.05, 4.69) is 5.32 Å². The Morgan fingerprint density at radius 1 is 0.884 bits per heavy atom. The SMILES string of the molecule is COc1ccc([C@@H]2CC(=O)C3=C(C2)NC(C)=C(C(=O)OCCOC(C)C)[C@H]3c2ccc(OC(C)=O)c(OC)c2)cc1OC. The molecule has 10 nitrogen and oxygen atoms in total. The van der Waals surface area contributed by atoms with E-state index in [0.717, 1.165) is 11.3 Å². The number of carbonyl (C=O) groups is 3. The summed E-state index contributed by atoms with van der Waals surface area (Å²) in [5.74, 6) is -0.250. The first-order valence-corrected chi connectivity index (χ1v) is 14.2. The third kappa shape index (κ3) is 7.02. The molecular weight excluding hydrogens is 554 g/mol. The van der Waals surface area contributed by atoms with E-state index in [4.69, 9.17) is 28.4 Å². The highest BCUT2D eigenvalue weighted by Gasteiger charge is 2.42. The van der Waals surface area contributed by atoms with Gasteiger partial charge < -0.3 is 33.7 Å². The molecule has 0 fully saturated rings. The number of methoxy groups -OCH3 is 3. The molecule has 0 saturated heterocycles. The lowest BCUT2D eigenvalue weighted by Gasteiger charge is -2.37. The first-order valence-electron chi connectivity index (χ1n) is 14.2. The number of ether oxygens (including phenoxy) is 6. The van der Waals surface area contributed by atoms with E-state index in [0.29, 0.717) is 46.1 Å². The van der Waals surface area contributed by atoms with Gasteiger partial charge in [0, 0.05) is 36.2 Å².